The number of rotatable bonds is 13. The van der Waals surface area contributed by atoms with Crippen LogP contribution in [0.5, 0.6) is 5.75 Å². The highest BCUT2D eigenvalue weighted by Gasteiger charge is 2.35. The molecule has 246 valence electrons. The van der Waals surface area contributed by atoms with Crippen LogP contribution in [0.3, 0.4) is 0 Å². The maximum atomic E-state index is 14.6. The molecule has 47 heavy (non-hydrogen) atoms. The quantitative estimate of drug-likeness (QED) is 0.165. The van der Waals surface area contributed by atoms with Gasteiger partial charge in [-0.1, -0.05) is 95.9 Å². The number of hydrogen-bond donors (Lipinski definition) is 1. The van der Waals surface area contributed by atoms with Crippen molar-refractivity contribution in [1.29, 1.82) is 0 Å². The van der Waals surface area contributed by atoms with E-state index in [0.717, 1.165) is 52.0 Å². The molecule has 0 saturated heterocycles. The predicted molar refractivity (Wildman–Crippen MR) is 188 cm³/mol. The third-order valence-corrected chi connectivity index (χ3v) is 10.8. The van der Waals surface area contributed by atoms with Crippen molar-refractivity contribution >= 4 is 43.5 Å². The fourth-order valence-electron chi connectivity index (χ4n) is 5.88. The van der Waals surface area contributed by atoms with Crippen LogP contribution in [0, 0.1) is 0 Å². The van der Waals surface area contributed by atoms with Crippen molar-refractivity contribution in [3.05, 3.63) is 125 Å². The monoisotopic (exact) mass is 717 g/mol. The standard InChI is InChI=1S/C37H40BrN3O5S/c1-46-33-21-23-34(24-22-33)47(44,45)41(32-15-9-4-10-16-32)27-36(42)40(26-29-17-19-30(38)20-18-29)35(25-28-11-5-2-6-12-28)37(43)39-31-13-7-3-8-14-31/h2,4-6,9-12,15-24,31,35H,3,7-8,13-14,25-27H2,1H3,(H,39,43). The molecule has 1 fully saturated rings. The average Bonchev–Trinajstić information content (AvgIpc) is 3.10. The molecule has 10 heteroatoms. The molecule has 4 aromatic carbocycles. The lowest BCUT2D eigenvalue weighted by atomic mass is 9.94. The lowest BCUT2D eigenvalue weighted by molar-refractivity contribution is -0.140. The smallest absolute Gasteiger partial charge is 0.264 e. The number of anilines is 1. The van der Waals surface area contributed by atoms with Crippen molar-refractivity contribution in [1.82, 2.24) is 10.2 Å². The van der Waals surface area contributed by atoms with Crippen LogP contribution in [0.2, 0.25) is 0 Å². The number of para-hydroxylation sites is 1. The molecule has 4 aromatic rings. The fourth-order valence-corrected chi connectivity index (χ4v) is 7.56. The number of carbonyl (C=O) groups is 2. The van der Waals surface area contributed by atoms with Crippen molar-refractivity contribution in [2.75, 3.05) is 18.0 Å². The Morgan fingerprint density at radius 1 is 0.830 bits per heavy atom. The molecular weight excluding hydrogens is 678 g/mol. The molecule has 1 unspecified atom stereocenters. The van der Waals surface area contributed by atoms with Gasteiger partial charge in [-0.05, 0) is 72.5 Å². The van der Waals surface area contributed by atoms with Gasteiger partial charge in [0.25, 0.3) is 10.0 Å². The minimum Gasteiger partial charge on any atom is -0.497 e. The van der Waals surface area contributed by atoms with E-state index < -0.39 is 28.5 Å². The molecule has 0 spiro atoms. The molecule has 1 aliphatic carbocycles. The zero-order chi connectivity index (χ0) is 33.2. The highest BCUT2D eigenvalue weighted by atomic mass is 79.9. The van der Waals surface area contributed by atoms with Crippen LogP contribution in [-0.4, -0.2) is 50.9 Å². The van der Waals surface area contributed by atoms with E-state index in [-0.39, 0.29) is 29.8 Å². The minimum absolute atomic E-state index is 0.0188. The lowest BCUT2D eigenvalue weighted by Gasteiger charge is -2.35. The van der Waals surface area contributed by atoms with E-state index in [4.69, 9.17) is 4.74 Å². The van der Waals surface area contributed by atoms with E-state index in [2.05, 4.69) is 21.2 Å². The number of benzene rings is 4. The fraction of sp³-hybridized carbons (Fsp3) is 0.297. The first-order valence-electron chi connectivity index (χ1n) is 15.8. The summed E-state index contributed by atoms with van der Waals surface area (Å²) < 4.78 is 35.6. The van der Waals surface area contributed by atoms with Crippen molar-refractivity contribution in [2.45, 2.75) is 62.0 Å². The second-order valence-electron chi connectivity index (χ2n) is 11.7. The summed E-state index contributed by atoms with van der Waals surface area (Å²) in [5.41, 5.74) is 2.05. The first kappa shape index (κ1) is 34.2. The summed E-state index contributed by atoms with van der Waals surface area (Å²) in [5.74, 6) is -0.219. The van der Waals surface area contributed by atoms with Crippen molar-refractivity contribution in [3.63, 3.8) is 0 Å². The number of halogens is 1. The Hall–Kier alpha value is -4.15. The normalized spacial score (nSPS) is 14.2. The summed E-state index contributed by atoms with van der Waals surface area (Å²) in [6.45, 7) is -0.385. The average molecular weight is 719 g/mol. The number of ether oxygens (including phenoxy) is 1. The summed E-state index contributed by atoms with van der Waals surface area (Å²) in [6.07, 6.45) is 5.30. The molecule has 2 amide bonds. The Morgan fingerprint density at radius 2 is 1.45 bits per heavy atom. The van der Waals surface area contributed by atoms with Gasteiger partial charge in [-0.25, -0.2) is 8.42 Å². The molecule has 0 heterocycles. The van der Waals surface area contributed by atoms with Crippen molar-refractivity contribution in [3.8, 4) is 5.75 Å². The molecule has 1 N–H and O–H groups in total. The molecular formula is C37H40BrN3O5S. The van der Waals surface area contributed by atoms with Gasteiger partial charge in [-0.2, -0.15) is 0 Å². The molecule has 1 aliphatic rings. The highest BCUT2D eigenvalue weighted by Crippen LogP contribution is 2.27. The van der Waals surface area contributed by atoms with Gasteiger partial charge in [0, 0.05) is 23.5 Å². The second kappa shape index (κ2) is 16.1. The molecule has 0 aromatic heterocycles. The van der Waals surface area contributed by atoms with Crippen LogP contribution in [0.25, 0.3) is 0 Å². The third kappa shape index (κ3) is 9.02. The van der Waals surface area contributed by atoms with Crippen LogP contribution in [0.15, 0.2) is 119 Å². The van der Waals surface area contributed by atoms with Crippen LogP contribution < -0.4 is 14.4 Å². The van der Waals surface area contributed by atoms with E-state index >= 15 is 0 Å². The summed E-state index contributed by atoms with van der Waals surface area (Å²) in [7, 11) is -2.68. The Labute approximate surface area is 285 Å². The predicted octanol–water partition coefficient (Wildman–Crippen LogP) is 6.74. The molecule has 0 radical (unpaired) electrons. The molecule has 0 bridgehead atoms. The molecule has 5 rings (SSSR count). The van der Waals surface area contributed by atoms with Gasteiger partial charge in [0.05, 0.1) is 17.7 Å². The van der Waals surface area contributed by atoms with E-state index in [1.165, 1.54) is 24.1 Å². The van der Waals surface area contributed by atoms with E-state index in [1.807, 2.05) is 54.6 Å². The molecule has 0 aliphatic heterocycles. The summed E-state index contributed by atoms with van der Waals surface area (Å²) in [4.78, 5) is 30.4. The number of hydrogen-bond acceptors (Lipinski definition) is 5. The first-order valence-corrected chi connectivity index (χ1v) is 18.1. The second-order valence-corrected chi connectivity index (χ2v) is 14.5. The topological polar surface area (TPSA) is 96.0 Å². The van der Waals surface area contributed by atoms with Crippen molar-refractivity contribution in [2.24, 2.45) is 0 Å². The maximum absolute atomic E-state index is 14.6. The Morgan fingerprint density at radius 3 is 2.06 bits per heavy atom. The zero-order valence-corrected chi connectivity index (χ0v) is 28.8. The van der Waals surface area contributed by atoms with Crippen LogP contribution >= 0.6 is 15.9 Å². The summed E-state index contributed by atoms with van der Waals surface area (Å²) >= 11 is 3.48. The number of nitrogens with one attached hydrogen (secondary N) is 1. The zero-order valence-electron chi connectivity index (χ0n) is 26.4. The highest BCUT2D eigenvalue weighted by molar-refractivity contribution is 9.10. The van der Waals surface area contributed by atoms with Gasteiger partial charge in [0.2, 0.25) is 11.8 Å². The molecule has 1 saturated carbocycles. The van der Waals surface area contributed by atoms with Crippen molar-refractivity contribution < 1.29 is 22.7 Å². The Kier molecular flexibility index (Phi) is 11.7. The van der Waals surface area contributed by atoms with Crippen LogP contribution in [0.4, 0.5) is 5.69 Å². The SMILES string of the molecule is COc1ccc(S(=O)(=O)N(CC(=O)N(Cc2ccc(Br)cc2)C(Cc2ccccc2)C(=O)NC2CCCCC2)c2ccccc2)cc1. The van der Waals surface area contributed by atoms with E-state index in [9.17, 15) is 18.0 Å². The number of sulfonamides is 1. The van der Waals surface area contributed by atoms with E-state index in [1.54, 1.807) is 42.5 Å². The molecule has 1 atom stereocenters. The Bertz CT molecular complexity index is 1710. The maximum Gasteiger partial charge on any atom is 0.264 e. The van der Waals surface area contributed by atoms with Gasteiger partial charge in [-0.15, -0.1) is 0 Å². The number of nitrogens with zero attached hydrogens (tertiary/aromatic N) is 2. The van der Waals surface area contributed by atoms with Gasteiger partial charge in [0.15, 0.2) is 0 Å². The lowest BCUT2D eigenvalue weighted by Crippen LogP contribution is -2.55. The first-order chi connectivity index (χ1) is 22.7. The Balaban J connectivity index is 1.54. The van der Waals surface area contributed by atoms with Gasteiger partial charge >= 0.3 is 0 Å². The van der Waals surface area contributed by atoms with Crippen LogP contribution in [0.1, 0.15) is 43.2 Å². The summed E-state index contributed by atoms with van der Waals surface area (Å²) in [6, 6.07) is 30.9. The third-order valence-electron chi connectivity index (χ3n) is 8.46. The molecule has 8 nitrogen and oxygen atoms in total. The van der Waals surface area contributed by atoms with Gasteiger partial charge in [0.1, 0.15) is 18.3 Å². The van der Waals surface area contributed by atoms with Gasteiger partial charge < -0.3 is 15.0 Å². The number of amides is 2. The van der Waals surface area contributed by atoms with Crippen LogP contribution in [-0.2, 0) is 32.6 Å². The minimum atomic E-state index is -4.19. The van der Waals surface area contributed by atoms with Gasteiger partial charge in [-0.3, -0.25) is 13.9 Å². The number of methoxy groups -OCH3 is 1. The summed E-state index contributed by atoms with van der Waals surface area (Å²) in [5, 5.41) is 3.24. The van der Waals surface area contributed by atoms with E-state index in [0.29, 0.717) is 11.4 Å². The number of carbonyl (C=O) groups excluding carboxylic acids is 2. The largest absolute Gasteiger partial charge is 0.497 e.